The van der Waals surface area contributed by atoms with Gasteiger partial charge < -0.3 is 19.3 Å². The van der Waals surface area contributed by atoms with Crippen molar-refractivity contribution in [3.05, 3.63) is 29.3 Å². The third kappa shape index (κ3) is 3.27. The number of benzene rings is 1. The van der Waals surface area contributed by atoms with Crippen molar-refractivity contribution in [2.24, 2.45) is 0 Å². The summed E-state index contributed by atoms with van der Waals surface area (Å²) in [6.45, 7) is 3.41. The number of hydrogen-bond acceptors (Lipinski definition) is 7. The van der Waals surface area contributed by atoms with Gasteiger partial charge in [-0.15, -0.1) is 0 Å². The Hall–Kier alpha value is -3.05. The van der Waals surface area contributed by atoms with Crippen molar-refractivity contribution in [1.82, 2.24) is 0 Å². The number of nitrogens with zero attached hydrogens (tertiary/aromatic N) is 2. The molecule has 1 aliphatic rings. The molecule has 25 heavy (non-hydrogen) atoms. The van der Waals surface area contributed by atoms with Crippen LogP contribution in [0.1, 0.15) is 19.4 Å². The largest absolute Gasteiger partial charge is 0.497 e. The van der Waals surface area contributed by atoms with Crippen molar-refractivity contribution in [2.75, 3.05) is 25.2 Å². The average Bonchev–Trinajstić information content (AvgIpc) is 2.88. The fourth-order valence-electron chi connectivity index (χ4n) is 2.54. The number of hydrogen-bond donors (Lipinski definition) is 1. The van der Waals surface area contributed by atoms with Crippen LogP contribution in [0.2, 0.25) is 0 Å². The van der Waals surface area contributed by atoms with Crippen LogP contribution in [-0.2, 0) is 14.3 Å². The molecule has 0 aliphatic carbocycles. The van der Waals surface area contributed by atoms with Crippen LogP contribution in [0, 0.1) is 11.3 Å². The van der Waals surface area contributed by atoms with E-state index in [0.29, 0.717) is 17.0 Å². The van der Waals surface area contributed by atoms with Crippen molar-refractivity contribution in [3.8, 4) is 11.8 Å². The fourth-order valence-corrected chi connectivity index (χ4v) is 2.54. The molecule has 0 aromatic heterocycles. The van der Waals surface area contributed by atoms with E-state index in [1.165, 1.54) is 13.2 Å². The number of esters is 1. The molecule has 1 N–H and O–H groups in total. The Bertz CT molecular complexity index is 765. The lowest BCUT2D eigenvalue weighted by Gasteiger charge is -2.20. The highest BCUT2D eigenvalue weighted by Gasteiger charge is 2.41. The van der Waals surface area contributed by atoms with E-state index in [4.69, 9.17) is 14.2 Å². The van der Waals surface area contributed by atoms with Gasteiger partial charge in [-0.1, -0.05) is 0 Å². The summed E-state index contributed by atoms with van der Waals surface area (Å²) < 4.78 is 15.0. The monoisotopic (exact) mass is 346 g/mol. The predicted molar refractivity (Wildman–Crippen MR) is 87.7 cm³/mol. The summed E-state index contributed by atoms with van der Waals surface area (Å²) in [6.07, 6.45) is -2.35. The third-order valence-electron chi connectivity index (χ3n) is 3.58. The summed E-state index contributed by atoms with van der Waals surface area (Å²) in [7, 11) is 1.45. The third-order valence-corrected chi connectivity index (χ3v) is 3.58. The van der Waals surface area contributed by atoms with Gasteiger partial charge in [0, 0.05) is 11.1 Å². The maximum absolute atomic E-state index is 12.2. The van der Waals surface area contributed by atoms with Gasteiger partial charge in [0.1, 0.15) is 17.4 Å². The van der Waals surface area contributed by atoms with Crippen LogP contribution in [0.5, 0.6) is 5.75 Å². The first kappa shape index (κ1) is 18.3. The second-order valence-corrected chi connectivity index (χ2v) is 4.95. The molecule has 1 amide bonds. The molecular formula is C17H18N2O6. The minimum atomic E-state index is -1.56. The van der Waals surface area contributed by atoms with Gasteiger partial charge in [0.25, 0.3) is 0 Å². The second kappa shape index (κ2) is 7.68. The van der Waals surface area contributed by atoms with Crippen LogP contribution < -0.4 is 9.64 Å². The summed E-state index contributed by atoms with van der Waals surface area (Å²) in [5.74, 6) is -0.436. The summed E-state index contributed by atoms with van der Waals surface area (Å²) in [5, 5.41) is 20.0. The van der Waals surface area contributed by atoms with Gasteiger partial charge in [-0.05, 0) is 32.0 Å². The van der Waals surface area contributed by atoms with Crippen LogP contribution in [0.3, 0.4) is 0 Å². The molecule has 1 aromatic carbocycles. The highest BCUT2D eigenvalue weighted by Crippen LogP contribution is 2.43. The van der Waals surface area contributed by atoms with Crippen molar-refractivity contribution in [2.45, 2.75) is 20.1 Å². The number of aliphatic hydroxyl groups excluding tert-OH is 1. The SMILES string of the molecule is CCOC(=O)/C(C#N)=C1/c2cc(OC)ccc2N(C(=O)OCC)C1O. The molecule has 0 saturated carbocycles. The predicted octanol–water partition coefficient (Wildman–Crippen LogP) is 1.83. The molecule has 1 unspecified atom stereocenters. The van der Waals surface area contributed by atoms with Crippen LogP contribution in [0.15, 0.2) is 23.8 Å². The molecule has 8 nitrogen and oxygen atoms in total. The maximum Gasteiger partial charge on any atom is 0.416 e. The van der Waals surface area contributed by atoms with Crippen LogP contribution in [-0.4, -0.2) is 43.7 Å². The molecule has 0 spiro atoms. The Morgan fingerprint density at radius 2 is 1.96 bits per heavy atom. The zero-order chi connectivity index (χ0) is 18.6. The molecule has 1 atom stereocenters. The van der Waals surface area contributed by atoms with E-state index in [1.54, 1.807) is 32.0 Å². The van der Waals surface area contributed by atoms with Crippen LogP contribution in [0.4, 0.5) is 10.5 Å². The Kier molecular flexibility index (Phi) is 5.62. The summed E-state index contributed by atoms with van der Waals surface area (Å²) in [5.41, 5.74) is 0.224. The van der Waals surface area contributed by atoms with Gasteiger partial charge in [0.2, 0.25) is 0 Å². The van der Waals surface area contributed by atoms with E-state index in [-0.39, 0.29) is 24.4 Å². The Labute approximate surface area is 144 Å². The van der Waals surface area contributed by atoms with E-state index >= 15 is 0 Å². The number of methoxy groups -OCH3 is 1. The van der Waals surface area contributed by atoms with Gasteiger partial charge >= 0.3 is 12.1 Å². The lowest BCUT2D eigenvalue weighted by Crippen LogP contribution is -2.38. The minimum Gasteiger partial charge on any atom is -0.497 e. The molecule has 8 heteroatoms. The number of carbonyl (C=O) groups excluding carboxylic acids is 2. The number of rotatable bonds is 4. The molecule has 1 aliphatic heterocycles. The summed E-state index contributed by atoms with van der Waals surface area (Å²) in [6, 6.07) is 6.42. The summed E-state index contributed by atoms with van der Waals surface area (Å²) >= 11 is 0. The smallest absolute Gasteiger partial charge is 0.416 e. The topological polar surface area (TPSA) is 109 Å². The van der Waals surface area contributed by atoms with E-state index in [2.05, 4.69) is 0 Å². The number of ether oxygens (including phenoxy) is 3. The molecular weight excluding hydrogens is 328 g/mol. The molecule has 1 aromatic rings. The molecule has 0 saturated heterocycles. The zero-order valence-corrected chi connectivity index (χ0v) is 14.1. The first-order valence-electron chi connectivity index (χ1n) is 7.63. The van der Waals surface area contributed by atoms with Gasteiger partial charge in [0.05, 0.1) is 26.0 Å². The second-order valence-electron chi connectivity index (χ2n) is 4.95. The standard InChI is InChI=1S/C17H18N2O6/c1-4-24-16(21)12(9-18)14-11-8-10(23-3)6-7-13(11)19(15(14)20)17(22)25-5-2/h6-8,15,20H,4-5H2,1-3H3/b14-12-. The van der Waals surface area contributed by atoms with Crippen LogP contribution in [0.25, 0.3) is 5.57 Å². The lowest BCUT2D eigenvalue weighted by molar-refractivity contribution is -0.138. The first-order valence-corrected chi connectivity index (χ1v) is 7.63. The quantitative estimate of drug-likeness (QED) is 0.503. The fraction of sp³-hybridized carbons (Fsp3) is 0.353. The molecule has 132 valence electrons. The number of anilines is 1. The summed E-state index contributed by atoms with van der Waals surface area (Å²) in [4.78, 5) is 25.3. The van der Waals surface area contributed by atoms with Crippen molar-refractivity contribution < 1.29 is 28.9 Å². The zero-order valence-electron chi connectivity index (χ0n) is 14.1. The molecule has 1 heterocycles. The van der Waals surface area contributed by atoms with Gasteiger partial charge in [0.15, 0.2) is 6.23 Å². The Balaban J connectivity index is 2.68. The van der Waals surface area contributed by atoms with Gasteiger partial charge in [-0.25, -0.2) is 14.5 Å². The number of nitriles is 1. The number of amides is 1. The van der Waals surface area contributed by atoms with Crippen LogP contribution >= 0.6 is 0 Å². The van der Waals surface area contributed by atoms with Crippen molar-refractivity contribution in [3.63, 3.8) is 0 Å². The highest BCUT2D eigenvalue weighted by atomic mass is 16.6. The highest BCUT2D eigenvalue weighted by molar-refractivity contribution is 6.09. The van der Waals surface area contributed by atoms with Gasteiger partial charge in [-0.3, -0.25) is 0 Å². The molecule has 0 fully saturated rings. The van der Waals surface area contributed by atoms with E-state index in [9.17, 15) is 20.0 Å². The van der Waals surface area contributed by atoms with E-state index in [0.717, 1.165) is 4.90 Å². The van der Waals surface area contributed by atoms with Crippen molar-refractivity contribution >= 4 is 23.3 Å². The number of aliphatic hydroxyl groups is 1. The molecule has 0 bridgehead atoms. The first-order chi connectivity index (χ1) is 12.0. The normalized spacial score (nSPS) is 17.4. The van der Waals surface area contributed by atoms with Gasteiger partial charge in [-0.2, -0.15) is 5.26 Å². The number of fused-ring (bicyclic) bond motifs is 1. The van der Waals surface area contributed by atoms with E-state index < -0.39 is 18.3 Å². The lowest BCUT2D eigenvalue weighted by atomic mass is 10.0. The molecule has 0 radical (unpaired) electrons. The number of carbonyl (C=O) groups is 2. The van der Waals surface area contributed by atoms with Crippen molar-refractivity contribution in [1.29, 1.82) is 5.26 Å². The Morgan fingerprint density at radius 1 is 1.28 bits per heavy atom. The maximum atomic E-state index is 12.2. The molecule has 2 rings (SSSR count). The Morgan fingerprint density at radius 3 is 2.52 bits per heavy atom. The average molecular weight is 346 g/mol. The minimum absolute atomic E-state index is 0.0251. The van der Waals surface area contributed by atoms with E-state index in [1.807, 2.05) is 0 Å².